The monoisotopic (exact) mass is 369 g/mol. The van der Waals surface area contributed by atoms with Crippen molar-refractivity contribution in [3.05, 3.63) is 65.7 Å². The zero-order valence-electron chi connectivity index (χ0n) is 15.1. The number of benzene rings is 2. The van der Waals surface area contributed by atoms with Gasteiger partial charge in [-0.3, -0.25) is 0 Å². The lowest BCUT2D eigenvalue weighted by Crippen LogP contribution is -2.19. The fourth-order valence-corrected chi connectivity index (χ4v) is 5.99. The molecule has 4 nitrogen and oxygen atoms in total. The molecule has 0 N–H and O–H groups in total. The van der Waals surface area contributed by atoms with E-state index in [0.717, 1.165) is 12.0 Å². The molecular weight excluding hydrogens is 346 g/mol. The Balaban J connectivity index is 2.04. The number of aryl methyl sites for hydroxylation is 1. The molecule has 0 heterocycles. The maximum absolute atomic E-state index is 13.2. The molecule has 0 bridgehead atoms. The molecule has 2 aromatic rings. The number of rotatable bonds is 7. The van der Waals surface area contributed by atoms with Crippen molar-refractivity contribution >= 4 is 9.84 Å². The minimum Gasteiger partial charge on any atom is -0.380 e. The van der Waals surface area contributed by atoms with Gasteiger partial charge in [-0.2, -0.15) is 5.26 Å². The normalized spacial score (nSPS) is 24.8. The first kappa shape index (κ1) is 18.6. The van der Waals surface area contributed by atoms with Crippen LogP contribution < -0.4 is 0 Å². The number of hydrogen-bond donors (Lipinski definition) is 0. The van der Waals surface area contributed by atoms with E-state index in [1.54, 1.807) is 30.3 Å². The van der Waals surface area contributed by atoms with E-state index >= 15 is 0 Å². The summed E-state index contributed by atoms with van der Waals surface area (Å²) in [5, 5.41) is 9.11. The van der Waals surface area contributed by atoms with Gasteiger partial charge in [-0.15, -0.1) is 0 Å². The number of sulfone groups is 1. The summed E-state index contributed by atoms with van der Waals surface area (Å²) in [5.41, 5.74) is 1.02. The maximum Gasteiger partial charge on any atom is 0.183 e. The van der Waals surface area contributed by atoms with Gasteiger partial charge in [0.25, 0.3) is 0 Å². The SMILES string of the molecule is CCOC[C@@]1(C#N)[C@@H](c2ccc(CC)cc2)[C@@H]1S(=O)(=O)c1ccccc1. The molecule has 2 aromatic carbocycles. The Kier molecular flexibility index (Phi) is 5.17. The summed E-state index contributed by atoms with van der Waals surface area (Å²) in [4.78, 5) is 0.258. The van der Waals surface area contributed by atoms with Gasteiger partial charge < -0.3 is 4.74 Å². The van der Waals surface area contributed by atoms with E-state index in [0.29, 0.717) is 6.61 Å². The van der Waals surface area contributed by atoms with Crippen LogP contribution in [0.4, 0.5) is 0 Å². The van der Waals surface area contributed by atoms with Crippen LogP contribution in [-0.2, 0) is 21.0 Å². The molecule has 1 saturated carbocycles. The molecule has 0 saturated heterocycles. The first-order valence-electron chi connectivity index (χ1n) is 8.88. The van der Waals surface area contributed by atoms with Crippen molar-refractivity contribution < 1.29 is 13.2 Å². The largest absolute Gasteiger partial charge is 0.380 e. The molecule has 0 aromatic heterocycles. The van der Waals surface area contributed by atoms with Gasteiger partial charge >= 0.3 is 0 Å². The number of nitrogens with zero attached hydrogens (tertiary/aromatic N) is 1. The predicted molar refractivity (Wildman–Crippen MR) is 101 cm³/mol. The van der Waals surface area contributed by atoms with Gasteiger partial charge in [0.05, 0.1) is 22.8 Å². The fourth-order valence-electron chi connectivity index (χ4n) is 3.66. The molecule has 26 heavy (non-hydrogen) atoms. The van der Waals surface area contributed by atoms with E-state index < -0.39 is 20.5 Å². The van der Waals surface area contributed by atoms with Gasteiger partial charge in [0.15, 0.2) is 9.84 Å². The molecule has 3 rings (SSSR count). The first-order chi connectivity index (χ1) is 12.5. The average Bonchev–Trinajstić information content (AvgIpc) is 3.37. The molecule has 1 aliphatic rings. The minimum absolute atomic E-state index is 0.122. The zero-order chi connectivity index (χ0) is 18.8. The molecule has 0 unspecified atom stereocenters. The smallest absolute Gasteiger partial charge is 0.183 e. The Morgan fingerprint density at radius 2 is 1.73 bits per heavy atom. The topological polar surface area (TPSA) is 67.2 Å². The second kappa shape index (κ2) is 7.22. The lowest BCUT2D eigenvalue weighted by molar-refractivity contribution is 0.117. The van der Waals surface area contributed by atoms with Crippen LogP contribution in [-0.4, -0.2) is 26.9 Å². The summed E-state index contributed by atoms with van der Waals surface area (Å²) in [6.07, 6.45) is 0.916. The highest BCUT2D eigenvalue weighted by molar-refractivity contribution is 7.92. The third-order valence-corrected chi connectivity index (χ3v) is 7.45. The van der Waals surface area contributed by atoms with E-state index in [2.05, 4.69) is 13.0 Å². The van der Waals surface area contributed by atoms with E-state index in [9.17, 15) is 13.7 Å². The highest BCUT2D eigenvalue weighted by Gasteiger charge is 2.72. The van der Waals surface area contributed by atoms with Crippen molar-refractivity contribution in [3.63, 3.8) is 0 Å². The Labute approximate surface area is 155 Å². The number of hydrogen-bond acceptors (Lipinski definition) is 4. The summed E-state index contributed by atoms with van der Waals surface area (Å²) in [5.74, 6) is -0.379. The molecule has 0 spiro atoms. The second-order valence-electron chi connectivity index (χ2n) is 6.64. The standard InChI is InChI=1S/C21H23NO3S/c1-3-16-10-12-17(13-11-16)19-20(21(19,14-22)15-25-4-2)26(23,24)18-8-6-5-7-9-18/h5-13,19-20H,3-4,15H2,1-2H3/t19-,20-,21-/m0/s1. The number of ether oxygens (including phenoxy) is 1. The van der Waals surface area contributed by atoms with Gasteiger partial charge in [-0.1, -0.05) is 49.4 Å². The number of nitriles is 1. The summed E-state index contributed by atoms with van der Waals surface area (Å²) in [6.45, 7) is 4.49. The fraction of sp³-hybridized carbons (Fsp3) is 0.381. The lowest BCUT2D eigenvalue weighted by atomic mass is 10.00. The Morgan fingerprint density at radius 1 is 1.08 bits per heavy atom. The van der Waals surface area contributed by atoms with E-state index in [4.69, 9.17) is 4.74 Å². The quantitative estimate of drug-likeness (QED) is 0.746. The second-order valence-corrected chi connectivity index (χ2v) is 8.71. The maximum atomic E-state index is 13.2. The van der Waals surface area contributed by atoms with E-state index in [1.165, 1.54) is 5.56 Å². The van der Waals surface area contributed by atoms with Crippen LogP contribution in [0.5, 0.6) is 0 Å². The highest BCUT2D eigenvalue weighted by Crippen LogP contribution is 2.63. The van der Waals surface area contributed by atoms with Gasteiger partial charge in [0.2, 0.25) is 0 Å². The van der Waals surface area contributed by atoms with Crippen LogP contribution in [0.2, 0.25) is 0 Å². The van der Waals surface area contributed by atoms with Crippen molar-refractivity contribution in [3.8, 4) is 6.07 Å². The Hall–Kier alpha value is -2.16. The van der Waals surface area contributed by atoms with Gasteiger partial charge in [0, 0.05) is 12.5 Å². The predicted octanol–water partition coefficient (Wildman–Crippen LogP) is 3.74. The van der Waals surface area contributed by atoms with Crippen molar-refractivity contribution in [2.45, 2.75) is 36.3 Å². The third kappa shape index (κ3) is 3.04. The van der Waals surface area contributed by atoms with E-state index in [-0.39, 0.29) is 17.4 Å². The molecule has 0 aliphatic heterocycles. The third-order valence-electron chi connectivity index (χ3n) is 5.16. The zero-order valence-corrected chi connectivity index (χ0v) is 15.9. The van der Waals surface area contributed by atoms with Crippen molar-refractivity contribution in [1.82, 2.24) is 0 Å². The lowest BCUT2D eigenvalue weighted by Gasteiger charge is -2.09. The van der Waals surface area contributed by atoms with E-state index in [1.807, 2.05) is 31.2 Å². The van der Waals surface area contributed by atoms with Crippen LogP contribution in [0.15, 0.2) is 59.5 Å². The van der Waals surface area contributed by atoms with Crippen LogP contribution in [0.1, 0.15) is 30.9 Å². The molecule has 0 radical (unpaired) electrons. The van der Waals surface area contributed by atoms with Crippen LogP contribution in [0.3, 0.4) is 0 Å². The van der Waals surface area contributed by atoms with Crippen LogP contribution >= 0.6 is 0 Å². The van der Waals surface area contributed by atoms with Crippen molar-refractivity contribution in [2.24, 2.45) is 5.41 Å². The molecule has 136 valence electrons. The minimum atomic E-state index is -3.63. The molecular formula is C21H23NO3S. The summed E-state index contributed by atoms with van der Waals surface area (Å²) < 4.78 is 32.0. The highest BCUT2D eigenvalue weighted by atomic mass is 32.2. The van der Waals surface area contributed by atoms with Gasteiger partial charge in [0.1, 0.15) is 5.41 Å². The van der Waals surface area contributed by atoms with Crippen LogP contribution in [0, 0.1) is 16.7 Å². The van der Waals surface area contributed by atoms with Crippen LogP contribution in [0.25, 0.3) is 0 Å². The summed E-state index contributed by atoms with van der Waals surface area (Å²) in [6, 6.07) is 18.6. The molecule has 0 amide bonds. The average molecular weight is 369 g/mol. The Bertz CT molecular complexity index is 901. The van der Waals surface area contributed by atoms with Gasteiger partial charge in [-0.25, -0.2) is 8.42 Å². The van der Waals surface area contributed by atoms with Crippen molar-refractivity contribution in [2.75, 3.05) is 13.2 Å². The Morgan fingerprint density at radius 3 is 2.27 bits per heavy atom. The molecule has 5 heteroatoms. The summed E-state index contributed by atoms with van der Waals surface area (Å²) >= 11 is 0. The van der Waals surface area contributed by atoms with Gasteiger partial charge in [-0.05, 0) is 36.6 Å². The first-order valence-corrected chi connectivity index (χ1v) is 10.4. The molecule has 3 atom stereocenters. The molecule has 1 fully saturated rings. The van der Waals surface area contributed by atoms with Crippen molar-refractivity contribution in [1.29, 1.82) is 5.26 Å². The molecule has 1 aliphatic carbocycles. The summed E-state index contributed by atoms with van der Waals surface area (Å²) in [7, 11) is -3.63.